The van der Waals surface area contributed by atoms with Crippen molar-refractivity contribution in [3.05, 3.63) is 65.4 Å². The van der Waals surface area contributed by atoms with Gasteiger partial charge in [0.25, 0.3) is 0 Å². The molecule has 4 nitrogen and oxygen atoms in total. The molecule has 0 saturated carbocycles. The van der Waals surface area contributed by atoms with E-state index in [1.165, 1.54) is 0 Å². The number of amides is 1. The predicted molar refractivity (Wildman–Crippen MR) is 86.8 cm³/mol. The van der Waals surface area contributed by atoms with Crippen molar-refractivity contribution < 1.29 is 9.90 Å². The van der Waals surface area contributed by atoms with E-state index in [0.29, 0.717) is 6.54 Å². The Hall–Kier alpha value is -2.75. The molecule has 0 aliphatic heterocycles. The van der Waals surface area contributed by atoms with Gasteiger partial charge < -0.3 is 15.4 Å². The van der Waals surface area contributed by atoms with Crippen molar-refractivity contribution in [3.8, 4) is 5.75 Å². The van der Waals surface area contributed by atoms with E-state index >= 15 is 0 Å². The number of phenolic OH excluding ortho intramolecular Hbond substituents is 1. The van der Waals surface area contributed by atoms with Gasteiger partial charge in [-0.05, 0) is 30.2 Å². The zero-order valence-electron chi connectivity index (χ0n) is 12.4. The molecule has 0 spiro atoms. The van der Waals surface area contributed by atoms with Crippen LogP contribution in [0.4, 0.5) is 0 Å². The van der Waals surface area contributed by atoms with Crippen molar-refractivity contribution in [2.45, 2.75) is 19.9 Å². The van der Waals surface area contributed by atoms with Crippen LogP contribution in [0.3, 0.4) is 0 Å². The van der Waals surface area contributed by atoms with E-state index < -0.39 is 5.91 Å². The summed E-state index contributed by atoms with van der Waals surface area (Å²) in [5.74, 6) is -0.214. The van der Waals surface area contributed by atoms with Gasteiger partial charge in [-0.3, -0.25) is 4.79 Å². The number of aromatic nitrogens is 1. The standard InChI is InChI=1S/C18H18N2O2/c1-12-14(10-17(19)22)18-15(8-5-9-16(18)21)20(12)11-13-6-3-2-4-7-13/h2-9,21H,10-11H2,1H3,(H2,19,22). The van der Waals surface area contributed by atoms with Gasteiger partial charge in [-0.15, -0.1) is 0 Å². The van der Waals surface area contributed by atoms with Crippen LogP contribution < -0.4 is 5.73 Å². The maximum Gasteiger partial charge on any atom is 0.221 e. The summed E-state index contributed by atoms with van der Waals surface area (Å²) in [4.78, 5) is 11.4. The molecule has 0 aliphatic rings. The highest BCUT2D eigenvalue weighted by Gasteiger charge is 2.18. The van der Waals surface area contributed by atoms with Gasteiger partial charge in [0.1, 0.15) is 5.75 Å². The first-order valence-corrected chi connectivity index (χ1v) is 7.20. The summed E-state index contributed by atoms with van der Waals surface area (Å²) in [5.41, 5.74) is 9.20. The Balaban J connectivity index is 2.20. The molecule has 0 atom stereocenters. The van der Waals surface area contributed by atoms with Gasteiger partial charge in [0.15, 0.2) is 0 Å². The summed E-state index contributed by atoms with van der Waals surface area (Å²) in [6.45, 7) is 2.64. The van der Waals surface area contributed by atoms with Crippen LogP contribution in [-0.2, 0) is 17.8 Å². The average Bonchev–Trinajstić information content (AvgIpc) is 2.75. The molecule has 4 heteroatoms. The van der Waals surface area contributed by atoms with Gasteiger partial charge in [-0.25, -0.2) is 0 Å². The van der Waals surface area contributed by atoms with Crippen LogP contribution in [-0.4, -0.2) is 15.6 Å². The summed E-state index contributed by atoms with van der Waals surface area (Å²) < 4.78 is 2.11. The molecule has 0 bridgehead atoms. The highest BCUT2D eigenvalue weighted by atomic mass is 16.3. The van der Waals surface area contributed by atoms with Crippen molar-refractivity contribution in [3.63, 3.8) is 0 Å². The minimum absolute atomic E-state index is 0.127. The fraction of sp³-hybridized carbons (Fsp3) is 0.167. The lowest BCUT2D eigenvalue weighted by molar-refractivity contribution is -0.117. The van der Waals surface area contributed by atoms with Crippen LogP contribution in [0, 0.1) is 6.92 Å². The molecule has 0 radical (unpaired) electrons. The Labute approximate surface area is 128 Å². The van der Waals surface area contributed by atoms with Gasteiger partial charge in [0, 0.05) is 17.6 Å². The average molecular weight is 294 g/mol. The number of carbonyl (C=O) groups is 1. The van der Waals surface area contributed by atoms with Gasteiger partial charge in [0.2, 0.25) is 5.91 Å². The number of phenols is 1. The molecule has 1 heterocycles. The third-order valence-electron chi connectivity index (χ3n) is 3.99. The zero-order chi connectivity index (χ0) is 15.7. The highest BCUT2D eigenvalue weighted by Crippen LogP contribution is 2.33. The SMILES string of the molecule is Cc1c(CC(N)=O)c2c(O)cccc2n1Cc1ccccc1. The number of nitrogens with two attached hydrogens (primary N) is 1. The van der Waals surface area contributed by atoms with Gasteiger partial charge >= 0.3 is 0 Å². The van der Waals surface area contributed by atoms with Crippen molar-refractivity contribution >= 4 is 16.8 Å². The molecular weight excluding hydrogens is 276 g/mol. The molecule has 22 heavy (non-hydrogen) atoms. The third-order valence-corrected chi connectivity index (χ3v) is 3.99. The number of fused-ring (bicyclic) bond motifs is 1. The first-order valence-electron chi connectivity index (χ1n) is 7.20. The van der Waals surface area contributed by atoms with Crippen LogP contribution >= 0.6 is 0 Å². The lowest BCUT2D eigenvalue weighted by Gasteiger charge is -2.09. The van der Waals surface area contributed by atoms with Crippen molar-refractivity contribution in [1.29, 1.82) is 0 Å². The molecule has 1 aromatic heterocycles. The second-order valence-corrected chi connectivity index (χ2v) is 5.45. The third kappa shape index (κ3) is 2.44. The summed E-state index contributed by atoms with van der Waals surface area (Å²) in [5, 5.41) is 10.9. The largest absolute Gasteiger partial charge is 0.507 e. The molecule has 112 valence electrons. The van der Waals surface area contributed by atoms with E-state index in [0.717, 1.165) is 27.7 Å². The molecule has 0 saturated heterocycles. The Kier molecular flexibility index (Phi) is 3.59. The Morgan fingerprint density at radius 3 is 2.55 bits per heavy atom. The number of hydrogen-bond acceptors (Lipinski definition) is 2. The molecule has 0 fully saturated rings. The van der Waals surface area contributed by atoms with E-state index in [9.17, 15) is 9.90 Å². The summed E-state index contributed by atoms with van der Waals surface area (Å²) in [6.07, 6.45) is 0.127. The number of benzene rings is 2. The van der Waals surface area contributed by atoms with E-state index in [2.05, 4.69) is 16.7 Å². The lowest BCUT2D eigenvalue weighted by Crippen LogP contribution is -2.14. The lowest BCUT2D eigenvalue weighted by atomic mass is 10.1. The fourth-order valence-electron chi connectivity index (χ4n) is 2.95. The highest BCUT2D eigenvalue weighted by molar-refractivity contribution is 5.94. The predicted octanol–water partition coefficient (Wildman–Crippen LogP) is 2.73. The number of carbonyl (C=O) groups excluding carboxylic acids is 1. The molecule has 3 N–H and O–H groups in total. The van der Waals surface area contributed by atoms with Gasteiger partial charge in [-0.2, -0.15) is 0 Å². The van der Waals surface area contributed by atoms with E-state index in [4.69, 9.17) is 5.73 Å². The Bertz CT molecular complexity index is 835. The normalized spacial score (nSPS) is 11.0. The fourth-order valence-corrected chi connectivity index (χ4v) is 2.95. The van der Waals surface area contributed by atoms with E-state index in [1.54, 1.807) is 6.07 Å². The minimum atomic E-state index is -0.398. The molecular formula is C18H18N2O2. The number of aromatic hydroxyl groups is 1. The van der Waals surface area contributed by atoms with Gasteiger partial charge in [0.05, 0.1) is 11.9 Å². The molecule has 0 unspecified atom stereocenters. The summed E-state index contributed by atoms with van der Waals surface area (Å²) in [7, 11) is 0. The second-order valence-electron chi connectivity index (χ2n) is 5.45. The Morgan fingerprint density at radius 2 is 1.86 bits per heavy atom. The van der Waals surface area contributed by atoms with Crippen LogP contribution in [0.25, 0.3) is 10.9 Å². The van der Waals surface area contributed by atoms with Crippen LogP contribution in [0.1, 0.15) is 16.8 Å². The number of hydrogen-bond donors (Lipinski definition) is 2. The molecule has 2 aromatic carbocycles. The smallest absolute Gasteiger partial charge is 0.221 e. The maximum atomic E-state index is 11.4. The maximum absolute atomic E-state index is 11.4. The zero-order valence-corrected chi connectivity index (χ0v) is 12.4. The number of rotatable bonds is 4. The van der Waals surface area contributed by atoms with Crippen LogP contribution in [0.5, 0.6) is 5.75 Å². The van der Waals surface area contributed by atoms with E-state index in [1.807, 2.05) is 37.3 Å². The topological polar surface area (TPSA) is 68.2 Å². The summed E-state index contributed by atoms with van der Waals surface area (Å²) >= 11 is 0. The van der Waals surface area contributed by atoms with Crippen molar-refractivity contribution in [2.75, 3.05) is 0 Å². The number of primary amides is 1. The molecule has 0 aliphatic carbocycles. The van der Waals surface area contributed by atoms with Crippen molar-refractivity contribution in [1.82, 2.24) is 4.57 Å². The summed E-state index contributed by atoms with van der Waals surface area (Å²) in [6, 6.07) is 15.5. The van der Waals surface area contributed by atoms with Crippen molar-refractivity contribution in [2.24, 2.45) is 5.73 Å². The first kappa shape index (κ1) is 14.2. The molecule has 1 amide bonds. The first-order chi connectivity index (χ1) is 10.6. The van der Waals surface area contributed by atoms with Crippen LogP contribution in [0.2, 0.25) is 0 Å². The molecule has 3 aromatic rings. The Morgan fingerprint density at radius 1 is 1.14 bits per heavy atom. The van der Waals surface area contributed by atoms with Gasteiger partial charge in [-0.1, -0.05) is 36.4 Å². The minimum Gasteiger partial charge on any atom is -0.507 e. The van der Waals surface area contributed by atoms with E-state index in [-0.39, 0.29) is 12.2 Å². The molecule has 3 rings (SSSR count). The monoisotopic (exact) mass is 294 g/mol. The number of nitrogens with zero attached hydrogens (tertiary/aromatic N) is 1. The van der Waals surface area contributed by atoms with Crippen LogP contribution in [0.15, 0.2) is 48.5 Å². The quantitative estimate of drug-likeness (QED) is 0.777. The second kappa shape index (κ2) is 5.56.